The number of aromatic amines is 2. The standard InChI is InChI=1S/C23H21ClN4O3/c1-28(2)11-12-9-14-18(26-12)8-7-16(24)19(14)20-21(29)27-22(30)23(20,31)15-10-25-17-6-4-3-5-13(15)17/h3-10,20,25-26,31H,11H2,1-2H3,(H,27,29,30). The lowest BCUT2D eigenvalue weighted by Gasteiger charge is -2.27. The SMILES string of the molecule is CN(C)Cc1cc2c(C3C(=O)NC(=O)C3(O)c3c[nH]c4ccccc34)c(Cl)ccc2[nH]1. The second kappa shape index (κ2) is 6.95. The quantitative estimate of drug-likeness (QED) is 0.369. The van der Waals surface area contributed by atoms with E-state index in [9.17, 15) is 14.7 Å². The Morgan fingerprint density at radius 2 is 1.87 bits per heavy atom. The number of nitrogens with one attached hydrogen (secondary N) is 3. The molecular weight excluding hydrogens is 416 g/mol. The lowest BCUT2D eigenvalue weighted by molar-refractivity contribution is -0.137. The number of halogens is 1. The first-order valence-electron chi connectivity index (χ1n) is 9.89. The zero-order valence-electron chi connectivity index (χ0n) is 17.0. The molecule has 0 saturated carbocycles. The van der Waals surface area contributed by atoms with E-state index in [1.807, 2.05) is 49.3 Å². The molecule has 158 valence electrons. The van der Waals surface area contributed by atoms with E-state index >= 15 is 0 Å². The minimum Gasteiger partial charge on any atom is -0.374 e. The van der Waals surface area contributed by atoms with E-state index in [-0.39, 0.29) is 0 Å². The minimum atomic E-state index is -2.10. The summed E-state index contributed by atoms with van der Waals surface area (Å²) in [4.78, 5) is 34.4. The van der Waals surface area contributed by atoms with Crippen molar-refractivity contribution in [3.8, 4) is 0 Å². The molecule has 5 rings (SSSR count). The molecule has 8 heteroatoms. The Hall–Kier alpha value is -3.13. The van der Waals surface area contributed by atoms with Gasteiger partial charge in [-0.05, 0) is 43.9 Å². The number of benzene rings is 2. The van der Waals surface area contributed by atoms with Crippen molar-refractivity contribution in [1.29, 1.82) is 0 Å². The predicted octanol–water partition coefficient (Wildman–Crippen LogP) is 2.99. The average molecular weight is 437 g/mol. The van der Waals surface area contributed by atoms with Crippen LogP contribution in [0.2, 0.25) is 5.02 Å². The van der Waals surface area contributed by atoms with Crippen LogP contribution in [0, 0.1) is 0 Å². The van der Waals surface area contributed by atoms with Gasteiger partial charge < -0.3 is 20.0 Å². The Morgan fingerprint density at radius 3 is 2.65 bits per heavy atom. The van der Waals surface area contributed by atoms with Gasteiger partial charge in [0.2, 0.25) is 5.91 Å². The van der Waals surface area contributed by atoms with E-state index in [4.69, 9.17) is 11.6 Å². The number of aliphatic hydroxyl groups is 1. The van der Waals surface area contributed by atoms with Crippen LogP contribution in [0.3, 0.4) is 0 Å². The molecule has 1 aliphatic heterocycles. The predicted molar refractivity (Wildman–Crippen MR) is 119 cm³/mol. The molecule has 1 fully saturated rings. The molecule has 1 saturated heterocycles. The van der Waals surface area contributed by atoms with Crippen LogP contribution in [0.4, 0.5) is 0 Å². The summed E-state index contributed by atoms with van der Waals surface area (Å²) in [7, 11) is 3.91. The molecule has 7 nitrogen and oxygen atoms in total. The van der Waals surface area contributed by atoms with E-state index < -0.39 is 23.3 Å². The van der Waals surface area contributed by atoms with Gasteiger partial charge in [-0.3, -0.25) is 14.9 Å². The van der Waals surface area contributed by atoms with Crippen molar-refractivity contribution in [2.24, 2.45) is 0 Å². The van der Waals surface area contributed by atoms with Crippen molar-refractivity contribution in [1.82, 2.24) is 20.2 Å². The topological polar surface area (TPSA) is 101 Å². The van der Waals surface area contributed by atoms with Crippen LogP contribution >= 0.6 is 11.6 Å². The van der Waals surface area contributed by atoms with Gasteiger partial charge in [0, 0.05) is 50.8 Å². The van der Waals surface area contributed by atoms with Gasteiger partial charge >= 0.3 is 0 Å². The van der Waals surface area contributed by atoms with Crippen molar-refractivity contribution in [3.63, 3.8) is 0 Å². The van der Waals surface area contributed by atoms with Gasteiger partial charge in [-0.25, -0.2) is 0 Å². The minimum absolute atomic E-state index is 0.316. The van der Waals surface area contributed by atoms with Crippen molar-refractivity contribution >= 4 is 45.2 Å². The first-order valence-corrected chi connectivity index (χ1v) is 10.3. The van der Waals surface area contributed by atoms with Gasteiger partial charge in [0.15, 0.2) is 5.60 Å². The third kappa shape index (κ3) is 2.89. The van der Waals surface area contributed by atoms with Crippen molar-refractivity contribution < 1.29 is 14.7 Å². The number of imide groups is 1. The third-order valence-corrected chi connectivity index (χ3v) is 6.22. The fourth-order valence-corrected chi connectivity index (χ4v) is 4.86. The number of para-hydroxylation sites is 1. The number of rotatable bonds is 4. The number of aromatic nitrogens is 2. The summed E-state index contributed by atoms with van der Waals surface area (Å²) in [5, 5.41) is 15.8. The van der Waals surface area contributed by atoms with Crippen LogP contribution in [-0.2, 0) is 21.7 Å². The molecule has 2 amide bonds. The Bertz CT molecular complexity index is 1360. The molecule has 2 aromatic carbocycles. The van der Waals surface area contributed by atoms with Crippen molar-refractivity contribution in [3.05, 3.63) is 70.5 Å². The maximum Gasteiger partial charge on any atom is 0.264 e. The van der Waals surface area contributed by atoms with Gasteiger partial charge in [0.25, 0.3) is 5.91 Å². The summed E-state index contributed by atoms with van der Waals surface area (Å²) in [5.41, 5.74) is 1.14. The van der Waals surface area contributed by atoms with Crippen LogP contribution in [0.5, 0.6) is 0 Å². The smallest absolute Gasteiger partial charge is 0.264 e. The highest BCUT2D eigenvalue weighted by molar-refractivity contribution is 6.33. The molecule has 2 unspecified atom stereocenters. The Labute approximate surface area is 183 Å². The Morgan fingerprint density at radius 1 is 1.10 bits per heavy atom. The van der Waals surface area contributed by atoms with Crippen LogP contribution in [0.25, 0.3) is 21.8 Å². The first-order chi connectivity index (χ1) is 14.8. The molecule has 0 spiro atoms. The molecule has 31 heavy (non-hydrogen) atoms. The lowest BCUT2D eigenvalue weighted by atomic mass is 9.78. The molecule has 4 aromatic rings. The Balaban J connectivity index is 1.76. The molecule has 0 aliphatic carbocycles. The second-order valence-corrected chi connectivity index (χ2v) is 8.63. The molecule has 4 N–H and O–H groups in total. The van der Waals surface area contributed by atoms with E-state index in [2.05, 4.69) is 15.3 Å². The second-order valence-electron chi connectivity index (χ2n) is 8.22. The van der Waals surface area contributed by atoms with Crippen LogP contribution in [0.1, 0.15) is 22.7 Å². The van der Waals surface area contributed by atoms with Crippen LogP contribution < -0.4 is 5.32 Å². The molecule has 2 aromatic heterocycles. The van der Waals surface area contributed by atoms with Gasteiger partial charge in [-0.15, -0.1) is 0 Å². The molecule has 3 heterocycles. The largest absolute Gasteiger partial charge is 0.374 e. The van der Waals surface area contributed by atoms with Crippen LogP contribution in [-0.4, -0.2) is 45.9 Å². The number of carbonyl (C=O) groups excluding carboxylic acids is 2. The fraction of sp³-hybridized carbons (Fsp3) is 0.217. The zero-order chi connectivity index (χ0) is 21.9. The number of nitrogens with zero attached hydrogens (tertiary/aromatic N) is 1. The zero-order valence-corrected chi connectivity index (χ0v) is 17.7. The van der Waals surface area contributed by atoms with Gasteiger partial charge in [0.1, 0.15) is 5.92 Å². The van der Waals surface area contributed by atoms with Crippen LogP contribution in [0.15, 0.2) is 48.7 Å². The highest BCUT2D eigenvalue weighted by Gasteiger charge is 2.58. The third-order valence-electron chi connectivity index (χ3n) is 5.89. The number of hydrogen-bond donors (Lipinski definition) is 4. The summed E-state index contributed by atoms with van der Waals surface area (Å²) in [6, 6.07) is 12.8. The number of hydrogen-bond acceptors (Lipinski definition) is 4. The van der Waals surface area contributed by atoms with Crippen molar-refractivity contribution in [2.75, 3.05) is 14.1 Å². The number of carbonyl (C=O) groups is 2. The number of fused-ring (bicyclic) bond motifs is 2. The maximum absolute atomic E-state index is 13.0. The molecular formula is C23H21ClN4O3. The van der Waals surface area contributed by atoms with E-state index in [1.54, 1.807) is 18.3 Å². The highest BCUT2D eigenvalue weighted by Crippen LogP contribution is 2.47. The van der Waals surface area contributed by atoms with Crippen molar-refractivity contribution in [2.45, 2.75) is 18.1 Å². The van der Waals surface area contributed by atoms with Gasteiger partial charge in [-0.1, -0.05) is 29.8 Å². The summed E-state index contributed by atoms with van der Waals surface area (Å²) < 4.78 is 0. The number of H-pyrrole nitrogens is 2. The normalized spacial score (nSPS) is 21.5. The summed E-state index contributed by atoms with van der Waals surface area (Å²) in [5.74, 6) is -2.54. The Kier molecular flexibility index (Phi) is 4.44. The summed E-state index contributed by atoms with van der Waals surface area (Å²) >= 11 is 6.58. The summed E-state index contributed by atoms with van der Waals surface area (Å²) in [6.07, 6.45) is 1.58. The monoisotopic (exact) mass is 436 g/mol. The first kappa shape index (κ1) is 19.8. The van der Waals surface area contributed by atoms with Gasteiger partial charge in [0.05, 0.1) is 0 Å². The van der Waals surface area contributed by atoms with Gasteiger partial charge in [-0.2, -0.15) is 0 Å². The fourth-order valence-electron chi connectivity index (χ4n) is 4.58. The summed E-state index contributed by atoms with van der Waals surface area (Å²) in [6.45, 7) is 0.661. The van der Waals surface area contributed by atoms with E-state index in [0.29, 0.717) is 33.5 Å². The average Bonchev–Trinajstić information content (AvgIpc) is 3.38. The maximum atomic E-state index is 13.0. The number of amides is 2. The highest BCUT2D eigenvalue weighted by atomic mass is 35.5. The molecule has 0 radical (unpaired) electrons. The molecule has 2 atom stereocenters. The van der Waals surface area contributed by atoms with E-state index in [0.717, 1.165) is 16.7 Å². The molecule has 0 bridgehead atoms. The van der Waals surface area contributed by atoms with E-state index in [1.165, 1.54) is 0 Å². The lowest BCUT2D eigenvalue weighted by Crippen LogP contribution is -2.38. The molecule has 1 aliphatic rings.